The molecule has 1 heterocycles. The SMILES string of the molecule is COC(=O)c1cccc(-c2ccc(C(C)=O)o2)c1. The molecule has 0 aliphatic heterocycles. The molecule has 0 fully saturated rings. The lowest BCUT2D eigenvalue weighted by molar-refractivity contribution is 0.0600. The van der Waals surface area contributed by atoms with Gasteiger partial charge in [-0.15, -0.1) is 0 Å². The van der Waals surface area contributed by atoms with Gasteiger partial charge in [-0.3, -0.25) is 4.79 Å². The zero-order valence-corrected chi connectivity index (χ0v) is 10.1. The third-order valence-corrected chi connectivity index (χ3v) is 2.52. The molecule has 92 valence electrons. The minimum absolute atomic E-state index is 0.134. The second kappa shape index (κ2) is 4.87. The summed E-state index contributed by atoms with van der Waals surface area (Å²) in [5, 5.41) is 0. The lowest BCUT2D eigenvalue weighted by Gasteiger charge is -2.01. The summed E-state index contributed by atoms with van der Waals surface area (Å²) in [6.45, 7) is 1.44. The van der Waals surface area contributed by atoms with E-state index in [0.29, 0.717) is 17.1 Å². The number of hydrogen-bond acceptors (Lipinski definition) is 4. The maximum absolute atomic E-state index is 11.4. The highest BCUT2D eigenvalue weighted by atomic mass is 16.5. The number of hydrogen-bond donors (Lipinski definition) is 0. The lowest BCUT2D eigenvalue weighted by atomic mass is 10.1. The summed E-state index contributed by atoms with van der Waals surface area (Å²) in [6.07, 6.45) is 0. The largest absolute Gasteiger partial charge is 0.465 e. The van der Waals surface area contributed by atoms with Gasteiger partial charge in [0, 0.05) is 12.5 Å². The van der Waals surface area contributed by atoms with Crippen LogP contribution in [0.25, 0.3) is 11.3 Å². The Hall–Kier alpha value is -2.36. The van der Waals surface area contributed by atoms with Crippen LogP contribution < -0.4 is 0 Å². The molecule has 2 rings (SSSR count). The monoisotopic (exact) mass is 244 g/mol. The minimum atomic E-state index is -0.407. The standard InChI is InChI=1S/C14H12O4/c1-9(15)12-6-7-13(18-12)10-4-3-5-11(8-10)14(16)17-2/h3-8H,1-2H3. The maximum atomic E-state index is 11.4. The van der Waals surface area contributed by atoms with E-state index in [2.05, 4.69) is 4.74 Å². The smallest absolute Gasteiger partial charge is 0.337 e. The van der Waals surface area contributed by atoms with Gasteiger partial charge in [-0.2, -0.15) is 0 Å². The molecule has 0 unspecified atom stereocenters. The third kappa shape index (κ3) is 2.32. The Labute approximate surface area is 104 Å². The third-order valence-electron chi connectivity index (χ3n) is 2.52. The molecule has 18 heavy (non-hydrogen) atoms. The molecule has 0 atom stereocenters. The van der Waals surface area contributed by atoms with Crippen LogP contribution in [0.15, 0.2) is 40.8 Å². The molecule has 0 bridgehead atoms. The van der Waals surface area contributed by atoms with E-state index in [-0.39, 0.29) is 5.78 Å². The van der Waals surface area contributed by atoms with Crippen molar-refractivity contribution in [3.05, 3.63) is 47.7 Å². The van der Waals surface area contributed by atoms with Gasteiger partial charge in [0.15, 0.2) is 11.5 Å². The van der Waals surface area contributed by atoms with Crippen LogP contribution in [0.1, 0.15) is 27.8 Å². The summed E-state index contributed by atoms with van der Waals surface area (Å²) >= 11 is 0. The van der Waals surface area contributed by atoms with Crippen LogP contribution in [-0.4, -0.2) is 18.9 Å². The van der Waals surface area contributed by atoms with Crippen LogP contribution >= 0.6 is 0 Å². The van der Waals surface area contributed by atoms with Crippen LogP contribution in [-0.2, 0) is 4.74 Å². The van der Waals surface area contributed by atoms with E-state index in [0.717, 1.165) is 5.56 Å². The first kappa shape index (κ1) is 12.1. The Morgan fingerprint density at radius 1 is 1.17 bits per heavy atom. The van der Waals surface area contributed by atoms with Crippen molar-refractivity contribution in [1.29, 1.82) is 0 Å². The van der Waals surface area contributed by atoms with Crippen molar-refractivity contribution in [3.63, 3.8) is 0 Å². The number of benzene rings is 1. The molecule has 0 aliphatic carbocycles. The van der Waals surface area contributed by atoms with E-state index in [1.807, 2.05) is 0 Å². The van der Waals surface area contributed by atoms with Crippen LogP contribution in [0.3, 0.4) is 0 Å². The predicted molar refractivity (Wildman–Crippen MR) is 65.5 cm³/mol. The highest BCUT2D eigenvalue weighted by molar-refractivity contribution is 5.92. The van der Waals surface area contributed by atoms with Gasteiger partial charge in [-0.1, -0.05) is 12.1 Å². The number of Topliss-reactive ketones (excluding diaryl/α,β-unsaturated/α-hetero) is 1. The fourth-order valence-electron chi connectivity index (χ4n) is 1.60. The Morgan fingerprint density at radius 2 is 1.94 bits per heavy atom. The van der Waals surface area contributed by atoms with Gasteiger partial charge in [-0.05, 0) is 24.3 Å². The van der Waals surface area contributed by atoms with Gasteiger partial charge in [0.1, 0.15) is 5.76 Å². The quantitative estimate of drug-likeness (QED) is 0.615. The zero-order valence-electron chi connectivity index (χ0n) is 10.1. The fraction of sp³-hybridized carbons (Fsp3) is 0.143. The topological polar surface area (TPSA) is 56.5 Å². The first-order valence-electron chi connectivity index (χ1n) is 5.41. The number of ketones is 1. The highest BCUT2D eigenvalue weighted by Crippen LogP contribution is 2.23. The highest BCUT2D eigenvalue weighted by Gasteiger charge is 2.11. The van der Waals surface area contributed by atoms with Crippen molar-refractivity contribution in [2.24, 2.45) is 0 Å². The Morgan fingerprint density at radius 3 is 2.56 bits per heavy atom. The van der Waals surface area contributed by atoms with Crippen molar-refractivity contribution < 1.29 is 18.7 Å². The predicted octanol–water partition coefficient (Wildman–Crippen LogP) is 2.94. The molecule has 0 saturated heterocycles. The van der Waals surface area contributed by atoms with E-state index >= 15 is 0 Å². The van der Waals surface area contributed by atoms with E-state index in [4.69, 9.17) is 4.42 Å². The summed E-state index contributed by atoms with van der Waals surface area (Å²) in [5.41, 5.74) is 1.17. The zero-order chi connectivity index (χ0) is 13.1. The van der Waals surface area contributed by atoms with E-state index < -0.39 is 5.97 Å². The first-order valence-corrected chi connectivity index (χ1v) is 5.41. The molecule has 4 nitrogen and oxygen atoms in total. The van der Waals surface area contributed by atoms with Crippen molar-refractivity contribution in [2.45, 2.75) is 6.92 Å². The number of furan rings is 1. The van der Waals surface area contributed by atoms with Gasteiger partial charge in [0.05, 0.1) is 12.7 Å². The van der Waals surface area contributed by atoms with Gasteiger partial charge >= 0.3 is 5.97 Å². The molecular weight excluding hydrogens is 232 g/mol. The van der Waals surface area contributed by atoms with Gasteiger partial charge < -0.3 is 9.15 Å². The summed E-state index contributed by atoms with van der Waals surface area (Å²) < 4.78 is 10.0. The molecular formula is C14H12O4. The first-order chi connectivity index (χ1) is 8.61. The second-order valence-electron chi connectivity index (χ2n) is 3.79. The number of methoxy groups -OCH3 is 1. The van der Waals surface area contributed by atoms with Crippen molar-refractivity contribution >= 4 is 11.8 Å². The number of carbonyl (C=O) groups excluding carboxylic acids is 2. The molecule has 4 heteroatoms. The van der Waals surface area contributed by atoms with Crippen LogP contribution in [0.5, 0.6) is 0 Å². The Kier molecular flexibility index (Phi) is 3.28. The fourth-order valence-corrected chi connectivity index (χ4v) is 1.60. The molecule has 0 saturated carbocycles. The average molecular weight is 244 g/mol. The van der Waals surface area contributed by atoms with Crippen LogP contribution in [0.2, 0.25) is 0 Å². The minimum Gasteiger partial charge on any atom is -0.465 e. The van der Waals surface area contributed by atoms with E-state index in [1.165, 1.54) is 14.0 Å². The second-order valence-corrected chi connectivity index (χ2v) is 3.79. The summed E-state index contributed by atoms with van der Waals surface area (Å²) in [6, 6.07) is 10.2. The normalized spacial score (nSPS) is 10.1. The molecule has 0 N–H and O–H groups in total. The molecule has 0 radical (unpaired) electrons. The Balaban J connectivity index is 2.38. The molecule has 2 aromatic rings. The molecule has 1 aromatic heterocycles. The number of esters is 1. The number of carbonyl (C=O) groups is 2. The van der Waals surface area contributed by atoms with Crippen molar-refractivity contribution in [3.8, 4) is 11.3 Å². The number of ether oxygens (including phenoxy) is 1. The lowest BCUT2D eigenvalue weighted by Crippen LogP contribution is -2.00. The van der Waals surface area contributed by atoms with Crippen molar-refractivity contribution in [1.82, 2.24) is 0 Å². The molecule has 0 amide bonds. The van der Waals surface area contributed by atoms with Gasteiger partial charge in [0.2, 0.25) is 0 Å². The van der Waals surface area contributed by atoms with E-state index in [9.17, 15) is 9.59 Å². The van der Waals surface area contributed by atoms with Crippen LogP contribution in [0.4, 0.5) is 0 Å². The molecule has 1 aromatic carbocycles. The molecule has 0 aliphatic rings. The van der Waals surface area contributed by atoms with Crippen molar-refractivity contribution in [2.75, 3.05) is 7.11 Å². The molecule has 0 spiro atoms. The van der Waals surface area contributed by atoms with Crippen LogP contribution in [0, 0.1) is 0 Å². The number of rotatable bonds is 3. The van der Waals surface area contributed by atoms with E-state index in [1.54, 1.807) is 36.4 Å². The summed E-state index contributed by atoms with van der Waals surface area (Å²) in [7, 11) is 1.33. The Bertz CT molecular complexity index is 595. The summed E-state index contributed by atoms with van der Waals surface area (Å²) in [4.78, 5) is 22.5. The van der Waals surface area contributed by atoms with Gasteiger partial charge in [-0.25, -0.2) is 4.79 Å². The maximum Gasteiger partial charge on any atom is 0.337 e. The summed E-state index contributed by atoms with van der Waals surface area (Å²) in [5.74, 6) is 0.306. The average Bonchev–Trinajstić information content (AvgIpc) is 2.88. The van der Waals surface area contributed by atoms with Gasteiger partial charge in [0.25, 0.3) is 0 Å².